The first-order valence-electron chi connectivity index (χ1n) is 5.81. The van der Waals surface area contributed by atoms with E-state index in [-0.39, 0.29) is 0 Å². The van der Waals surface area contributed by atoms with Crippen LogP contribution in [0.3, 0.4) is 0 Å². The van der Waals surface area contributed by atoms with Crippen LogP contribution in [0.25, 0.3) is 0 Å². The average molecular weight is 205 g/mol. The Kier molecular flexibility index (Phi) is 3.31. The molecular formula is C12H19N3. The third-order valence-electron chi connectivity index (χ3n) is 2.97. The van der Waals surface area contributed by atoms with Crippen LogP contribution >= 0.6 is 0 Å². The molecule has 0 aromatic carbocycles. The minimum Gasteiger partial charge on any atom is -0.317 e. The number of piperidine rings is 1. The van der Waals surface area contributed by atoms with Crippen LogP contribution in [0.1, 0.15) is 50.0 Å². The summed E-state index contributed by atoms with van der Waals surface area (Å²) in [6, 6.07) is 2.07. The Hall–Kier alpha value is -0.960. The summed E-state index contributed by atoms with van der Waals surface area (Å²) in [4.78, 5) is 8.96. The lowest BCUT2D eigenvalue weighted by atomic mass is 9.94. The fraction of sp³-hybridized carbons (Fsp3) is 0.667. The van der Waals surface area contributed by atoms with Crippen molar-refractivity contribution in [2.24, 2.45) is 0 Å². The van der Waals surface area contributed by atoms with Crippen molar-refractivity contribution in [3.8, 4) is 0 Å². The molecule has 0 aliphatic carbocycles. The lowest BCUT2D eigenvalue weighted by Gasteiger charge is -2.22. The normalized spacial score (nSPS) is 18.3. The van der Waals surface area contributed by atoms with Gasteiger partial charge in [-0.2, -0.15) is 0 Å². The highest BCUT2D eigenvalue weighted by atomic mass is 14.9. The molecule has 0 atom stereocenters. The number of aromatic nitrogens is 2. The van der Waals surface area contributed by atoms with E-state index in [0.29, 0.717) is 11.8 Å². The van der Waals surface area contributed by atoms with Crippen LogP contribution in [0.2, 0.25) is 0 Å². The van der Waals surface area contributed by atoms with E-state index >= 15 is 0 Å². The molecule has 0 spiro atoms. The molecule has 0 radical (unpaired) electrons. The second-order valence-electron chi connectivity index (χ2n) is 4.52. The molecule has 1 aliphatic rings. The number of nitrogens with zero attached hydrogens (tertiary/aromatic N) is 2. The van der Waals surface area contributed by atoms with E-state index in [2.05, 4.69) is 35.2 Å². The van der Waals surface area contributed by atoms with Crippen molar-refractivity contribution in [1.82, 2.24) is 15.3 Å². The van der Waals surface area contributed by atoms with E-state index in [1.54, 1.807) is 0 Å². The first-order valence-corrected chi connectivity index (χ1v) is 5.81. The van der Waals surface area contributed by atoms with E-state index in [9.17, 15) is 0 Å². The molecular weight excluding hydrogens is 186 g/mol. The van der Waals surface area contributed by atoms with Crippen molar-refractivity contribution in [2.45, 2.75) is 38.5 Å². The molecule has 1 aliphatic heterocycles. The van der Waals surface area contributed by atoms with Crippen molar-refractivity contribution in [2.75, 3.05) is 13.1 Å². The Balaban J connectivity index is 2.16. The Morgan fingerprint density at radius 1 is 1.33 bits per heavy atom. The maximum atomic E-state index is 4.66. The summed E-state index contributed by atoms with van der Waals surface area (Å²) in [7, 11) is 0. The quantitative estimate of drug-likeness (QED) is 0.803. The van der Waals surface area contributed by atoms with Gasteiger partial charge in [0.05, 0.1) is 0 Å². The topological polar surface area (TPSA) is 37.8 Å². The van der Waals surface area contributed by atoms with Gasteiger partial charge in [0.15, 0.2) is 0 Å². The summed E-state index contributed by atoms with van der Waals surface area (Å²) in [6.07, 6.45) is 4.31. The second kappa shape index (κ2) is 4.71. The maximum absolute atomic E-state index is 4.66. The zero-order chi connectivity index (χ0) is 10.7. The molecule has 2 heterocycles. The highest BCUT2D eigenvalue weighted by molar-refractivity contribution is 5.11. The van der Waals surface area contributed by atoms with Gasteiger partial charge in [-0.15, -0.1) is 0 Å². The summed E-state index contributed by atoms with van der Waals surface area (Å²) in [5.74, 6) is 2.03. The molecule has 0 amide bonds. The van der Waals surface area contributed by atoms with Crippen LogP contribution in [-0.2, 0) is 0 Å². The molecule has 0 saturated carbocycles. The van der Waals surface area contributed by atoms with E-state index in [4.69, 9.17) is 0 Å². The van der Waals surface area contributed by atoms with E-state index < -0.39 is 0 Å². The third-order valence-corrected chi connectivity index (χ3v) is 2.97. The van der Waals surface area contributed by atoms with E-state index in [1.807, 2.05) is 6.20 Å². The predicted octanol–water partition coefficient (Wildman–Crippen LogP) is 2.07. The molecule has 1 N–H and O–H groups in total. The molecule has 2 rings (SSSR count). The summed E-state index contributed by atoms with van der Waals surface area (Å²) >= 11 is 0. The SMILES string of the molecule is CC(C)c1nccc(C2CCNCC2)n1. The maximum Gasteiger partial charge on any atom is 0.131 e. The van der Waals surface area contributed by atoms with Crippen LogP contribution in [0.5, 0.6) is 0 Å². The Bertz CT molecular complexity index is 316. The molecule has 0 unspecified atom stereocenters. The Morgan fingerprint density at radius 3 is 2.73 bits per heavy atom. The fourth-order valence-corrected chi connectivity index (χ4v) is 2.01. The Morgan fingerprint density at radius 2 is 2.07 bits per heavy atom. The van der Waals surface area contributed by atoms with Gasteiger partial charge in [-0.05, 0) is 32.0 Å². The molecule has 3 nitrogen and oxygen atoms in total. The van der Waals surface area contributed by atoms with Gasteiger partial charge in [0.1, 0.15) is 5.82 Å². The van der Waals surface area contributed by atoms with E-state index in [0.717, 1.165) is 18.9 Å². The van der Waals surface area contributed by atoms with Gasteiger partial charge in [0.25, 0.3) is 0 Å². The molecule has 15 heavy (non-hydrogen) atoms. The first-order chi connectivity index (χ1) is 7.27. The van der Waals surface area contributed by atoms with Gasteiger partial charge < -0.3 is 5.32 Å². The van der Waals surface area contributed by atoms with Crippen LogP contribution in [-0.4, -0.2) is 23.1 Å². The molecule has 82 valence electrons. The van der Waals surface area contributed by atoms with Gasteiger partial charge in [0, 0.05) is 23.7 Å². The van der Waals surface area contributed by atoms with Gasteiger partial charge >= 0.3 is 0 Å². The number of hydrogen-bond donors (Lipinski definition) is 1. The zero-order valence-corrected chi connectivity index (χ0v) is 9.53. The summed E-state index contributed by atoms with van der Waals surface area (Å²) < 4.78 is 0. The summed E-state index contributed by atoms with van der Waals surface area (Å²) in [5.41, 5.74) is 1.23. The van der Waals surface area contributed by atoms with Crippen molar-refractivity contribution in [3.63, 3.8) is 0 Å². The standard InChI is InChI=1S/C12H19N3/c1-9(2)12-14-8-5-11(15-12)10-3-6-13-7-4-10/h5,8-10,13H,3-4,6-7H2,1-2H3. The highest BCUT2D eigenvalue weighted by Gasteiger charge is 2.17. The second-order valence-corrected chi connectivity index (χ2v) is 4.52. The summed E-state index contributed by atoms with van der Waals surface area (Å²) in [6.45, 7) is 6.51. The molecule has 3 heteroatoms. The third kappa shape index (κ3) is 2.53. The van der Waals surface area contributed by atoms with Gasteiger partial charge in [0.2, 0.25) is 0 Å². The number of rotatable bonds is 2. The van der Waals surface area contributed by atoms with Crippen molar-refractivity contribution in [1.29, 1.82) is 0 Å². The lowest BCUT2D eigenvalue weighted by molar-refractivity contribution is 0.451. The van der Waals surface area contributed by atoms with Crippen molar-refractivity contribution < 1.29 is 0 Å². The molecule has 1 aromatic heterocycles. The molecule has 0 bridgehead atoms. The minimum atomic E-state index is 0.423. The van der Waals surface area contributed by atoms with Crippen molar-refractivity contribution >= 4 is 0 Å². The largest absolute Gasteiger partial charge is 0.317 e. The molecule has 1 aromatic rings. The summed E-state index contributed by atoms with van der Waals surface area (Å²) in [5, 5.41) is 3.38. The Labute approximate surface area is 91.3 Å². The number of nitrogens with one attached hydrogen (secondary N) is 1. The molecule has 1 fully saturated rings. The minimum absolute atomic E-state index is 0.423. The van der Waals surface area contributed by atoms with E-state index in [1.165, 1.54) is 18.5 Å². The average Bonchev–Trinajstić information content (AvgIpc) is 2.30. The monoisotopic (exact) mass is 205 g/mol. The van der Waals surface area contributed by atoms with Crippen molar-refractivity contribution in [3.05, 3.63) is 23.8 Å². The zero-order valence-electron chi connectivity index (χ0n) is 9.53. The fourth-order valence-electron chi connectivity index (χ4n) is 2.01. The van der Waals surface area contributed by atoms with Crippen LogP contribution < -0.4 is 5.32 Å². The lowest BCUT2D eigenvalue weighted by Crippen LogP contribution is -2.27. The van der Waals surface area contributed by atoms with Gasteiger partial charge in [-0.25, -0.2) is 9.97 Å². The van der Waals surface area contributed by atoms with Crippen LogP contribution in [0.4, 0.5) is 0 Å². The predicted molar refractivity (Wildman–Crippen MR) is 61.0 cm³/mol. The smallest absolute Gasteiger partial charge is 0.131 e. The first kappa shape index (κ1) is 10.6. The number of hydrogen-bond acceptors (Lipinski definition) is 3. The molecule has 1 saturated heterocycles. The van der Waals surface area contributed by atoms with Gasteiger partial charge in [-0.3, -0.25) is 0 Å². The highest BCUT2D eigenvalue weighted by Crippen LogP contribution is 2.23. The van der Waals surface area contributed by atoms with Crippen LogP contribution in [0.15, 0.2) is 12.3 Å². The van der Waals surface area contributed by atoms with Crippen LogP contribution in [0, 0.1) is 0 Å². The van der Waals surface area contributed by atoms with Gasteiger partial charge in [-0.1, -0.05) is 13.8 Å².